The van der Waals surface area contributed by atoms with Gasteiger partial charge in [-0.1, -0.05) is 43.2 Å². The van der Waals surface area contributed by atoms with E-state index in [4.69, 9.17) is 0 Å². The van der Waals surface area contributed by atoms with Crippen molar-refractivity contribution >= 4 is 33.4 Å². The van der Waals surface area contributed by atoms with Crippen LogP contribution in [0.3, 0.4) is 0 Å². The molecule has 6 heteroatoms. The summed E-state index contributed by atoms with van der Waals surface area (Å²) in [6.45, 7) is 0.605. The van der Waals surface area contributed by atoms with Gasteiger partial charge in [-0.3, -0.25) is 9.59 Å². The van der Waals surface area contributed by atoms with Gasteiger partial charge in [0.1, 0.15) is 6.04 Å². The number of carbonyl (C=O) groups is 2. The van der Waals surface area contributed by atoms with E-state index in [2.05, 4.69) is 16.4 Å². The number of fused-ring (bicyclic) bond motifs is 2. The van der Waals surface area contributed by atoms with Crippen LogP contribution in [-0.2, 0) is 11.2 Å². The minimum absolute atomic E-state index is 0.00498. The molecule has 166 valence electrons. The molecule has 0 radical (unpaired) electrons. The van der Waals surface area contributed by atoms with Gasteiger partial charge in [-0.05, 0) is 55.9 Å². The standard InChI is InChI=1S/C26H29N3O2S/c30-25(27-16-8-15-24-28-20-12-5-7-14-23(20)32-24)22-17-19-11-4-6-13-21(19)29(22)26(31)18-9-2-1-3-10-18/h1-3,5,7,9-10,12,14,19,21-22H,4,6,8,11,13,15-17H2,(H,27,30)/t19-,21+,22-/m0/s1. The molecule has 1 aliphatic carbocycles. The fraction of sp³-hybridized carbons (Fsp3) is 0.423. The molecular weight excluding hydrogens is 418 g/mol. The van der Waals surface area contributed by atoms with Crippen molar-refractivity contribution in [2.24, 2.45) is 5.92 Å². The van der Waals surface area contributed by atoms with Gasteiger partial charge in [0.15, 0.2) is 0 Å². The van der Waals surface area contributed by atoms with E-state index >= 15 is 0 Å². The molecule has 1 aromatic heterocycles. The van der Waals surface area contributed by atoms with Crippen LogP contribution in [0.15, 0.2) is 54.6 Å². The SMILES string of the molecule is O=C(NCCCc1nc2ccccc2s1)[C@@H]1C[C@@H]2CCCC[C@H]2N1C(=O)c1ccccc1. The smallest absolute Gasteiger partial charge is 0.254 e. The number of rotatable bonds is 6. The first kappa shape index (κ1) is 21.1. The second-order valence-corrected chi connectivity index (χ2v) is 10.0. The van der Waals surface area contributed by atoms with Crippen LogP contribution in [0.4, 0.5) is 0 Å². The lowest BCUT2D eigenvalue weighted by Gasteiger charge is -2.33. The highest BCUT2D eigenvalue weighted by molar-refractivity contribution is 7.18. The highest BCUT2D eigenvalue weighted by Crippen LogP contribution is 2.40. The first-order valence-corrected chi connectivity index (χ1v) is 12.5. The van der Waals surface area contributed by atoms with Crippen LogP contribution in [0, 0.1) is 5.92 Å². The molecule has 1 N–H and O–H groups in total. The third kappa shape index (κ3) is 4.29. The van der Waals surface area contributed by atoms with Gasteiger partial charge in [-0.15, -0.1) is 11.3 Å². The van der Waals surface area contributed by atoms with Crippen molar-refractivity contribution in [1.82, 2.24) is 15.2 Å². The van der Waals surface area contributed by atoms with Crippen LogP contribution in [0.5, 0.6) is 0 Å². The van der Waals surface area contributed by atoms with E-state index in [9.17, 15) is 9.59 Å². The molecule has 3 atom stereocenters. The quantitative estimate of drug-likeness (QED) is 0.551. The minimum Gasteiger partial charge on any atom is -0.354 e. The summed E-state index contributed by atoms with van der Waals surface area (Å²) in [6.07, 6.45) is 6.93. The van der Waals surface area contributed by atoms with E-state index < -0.39 is 0 Å². The summed E-state index contributed by atoms with van der Waals surface area (Å²) in [4.78, 5) is 33.1. The number of nitrogens with zero attached hydrogens (tertiary/aromatic N) is 2. The van der Waals surface area contributed by atoms with Crippen molar-refractivity contribution < 1.29 is 9.59 Å². The van der Waals surface area contributed by atoms with Crippen LogP contribution >= 0.6 is 11.3 Å². The number of likely N-dealkylation sites (tertiary alicyclic amines) is 1. The van der Waals surface area contributed by atoms with Gasteiger partial charge in [0.25, 0.3) is 5.91 Å². The molecule has 0 spiro atoms. The summed E-state index contributed by atoms with van der Waals surface area (Å²) in [7, 11) is 0. The predicted octanol–water partition coefficient (Wildman–Crippen LogP) is 4.82. The van der Waals surface area contributed by atoms with Crippen molar-refractivity contribution in [2.75, 3.05) is 6.54 Å². The number of benzene rings is 2. The summed E-state index contributed by atoms with van der Waals surface area (Å²) < 4.78 is 1.20. The monoisotopic (exact) mass is 447 g/mol. The van der Waals surface area contributed by atoms with E-state index in [0.29, 0.717) is 18.0 Å². The lowest BCUT2D eigenvalue weighted by Crippen LogP contribution is -2.49. The van der Waals surface area contributed by atoms with Gasteiger partial charge in [0, 0.05) is 24.6 Å². The van der Waals surface area contributed by atoms with E-state index in [1.807, 2.05) is 53.4 Å². The topological polar surface area (TPSA) is 62.3 Å². The van der Waals surface area contributed by atoms with Crippen molar-refractivity contribution in [2.45, 2.75) is 57.0 Å². The average molecular weight is 448 g/mol. The number of aryl methyl sites for hydroxylation is 1. The average Bonchev–Trinajstić information content (AvgIpc) is 3.43. The van der Waals surface area contributed by atoms with Crippen molar-refractivity contribution in [3.63, 3.8) is 0 Å². The first-order valence-electron chi connectivity index (χ1n) is 11.7. The van der Waals surface area contributed by atoms with E-state index in [1.54, 1.807) is 11.3 Å². The van der Waals surface area contributed by atoms with Crippen LogP contribution in [-0.4, -0.2) is 40.3 Å². The van der Waals surface area contributed by atoms with E-state index in [0.717, 1.165) is 49.0 Å². The number of nitrogens with one attached hydrogen (secondary N) is 1. The molecule has 2 fully saturated rings. The second-order valence-electron chi connectivity index (χ2n) is 8.91. The highest BCUT2D eigenvalue weighted by atomic mass is 32.1. The molecule has 5 rings (SSSR count). The van der Waals surface area contributed by atoms with Crippen LogP contribution < -0.4 is 5.32 Å². The van der Waals surface area contributed by atoms with E-state index in [1.165, 1.54) is 11.1 Å². The van der Waals surface area contributed by atoms with E-state index in [-0.39, 0.29) is 23.9 Å². The largest absolute Gasteiger partial charge is 0.354 e. The maximum Gasteiger partial charge on any atom is 0.254 e. The number of thiazole rings is 1. The Bertz CT molecular complexity index is 1060. The van der Waals surface area contributed by atoms with Crippen LogP contribution in [0.1, 0.15) is 53.9 Å². The lowest BCUT2D eigenvalue weighted by molar-refractivity contribution is -0.125. The Balaban J connectivity index is 1.22. The molecule has 2 heterocycles. The molecule has 2 aromatic carbocycles. The van der Waals surface area contributed by atoms with Gasteiger partial charge in [-0.2, -0.15) is 0 Å². The molecule has 1 saturated heterocycles. The number of para-hydroxylation sites is 1. The molecule has 2 amide bonds. The third-order valence-electron chi connectivity index (χ3n) is 6.85. The highest BCUT2D eigenvalue weighted by Gasteiger charge is 2.47. The molecule has 5 nitrogen and oxygen atoms in total. The maximum absolute atomic E-state index is 13.4. The number of amides is 2. The number of hydrogen-bond donors (Lipinski definition) is 1. The molecule has 1 aliphatic heterocycles. The molecule has 3 aromatic rings. The Hall–Kier alpha value is -2.73. The number of hydrogen-bond acceptors (Lipinski definition) is 4. The van der Waals surface area contributed by atoms with Gasteiger partial charge in [0.05, 0.1) is 15.2 Å². The Kier molecular flexibility index (Phi) is 6.21. The Morgan fingerprint density at radius 2 is 1.81 bits per heavy atom. The van der Waals surface area contributed by atoms with Gasteiger partial charge >= 0.3 is 0 Å². The molecule has 32 heavy (non-hydrogen) atoms. The second kappa shape index (κ2) is 9.41. The first-order chi connectivity index (χ1) is 15.7. The zero-order valence-electron chi connectivity index (χ0n) is 18.2. The normalized spacial score (nSPS) is 22.6. The van der Waals surface area contributed by atoms with Crippen molar-refractivity contribution in [3.05, 3.63) is 65.2 Å². The Morgan fingerprint density at radius 1 is 1.03 bits per heavy atom. The van der Waals surface area contributed by atoms with Crippen molar-refractivity contribution in [3.8, 4) is 0 Å². The fourth-order valence-electron chi connectivity index (χ4n) is 5.31. The minimum atomic E-state index is -0.363. The summed E-state index contributed by atoms with van der Waals surface area (Å²) in [5.74, 6) is 0.428. The van der Waals surface area contributed by atoms with Crippen LogP contribution in [0.2, 0.25) is 0 Å². The summed E-state index contributed by atoms with van der Waals surface area (Å²) >= 11 is 1.72. The summed E-state index contributed by atoms with van der Waals surface area (Å²) in [6, 6.07) is 17.4. The number of aromatic nitrogens is 1. The molecule has 0 unspecified atom stereocenters. The summed E-state index contributed by atoms with van der Waals surface area (Å²) in [5.41, 5.74) is 1.72. The van der Waals surface area contributed by atoms with Gasteiger partial charge in [0.2, 0.25) is 5.91 Å². The van der Waals surface area contributed by atoms with Gasteiger partial charge < -0.3 is 10.2 Å². The van der Waals surface area contributed by atoms with Crippen molar-refractivity contribution in [1.29, 1.82) is 0 Å². The predicted molar refractivity (Wildman–Crippen MR) is 128 cm³/mol. The van der Waals surface area contributed by atoms with Gasteiger partial charge in [-0.25, -0.2) is 4.98 Å². The summed E-state index contributed by atoms with van der Waals surface area (Å²) in [5, 5.41) is 4.22. The molecule has 1 saturated carbocycles. The molecular formula is C26H29N3O2S. The fourth-order valence-corrected chi connectivity index (χ4v) is 6.32. The molecule has 0 bridgehead atoms. The zero-order chi connectivity index (χ0) is 21.9. The zero-order valence-corrected chi connectivity index (χ0v) is 19.0. The van der Waals surface area contributed by atoms with Crippen LogP contribution in [0.25, 0.3) is 10.2 Å². The molecule has 2 aliphatic rings. The maximum atomic E-state index is 13.4. The Morgan fingerprint density at radius 3 is 2.66 bits per heavy atom. The number of carbonyl (C=O) groups excluding carboxylic acids is 2. The third-order valence-corrected chi connectivity index (χ3v) is 7.95. The Labute approximate surface area is 192 Å². The lowest BCUT2D eigenvalue weighted by atomic mass is 9.84.